The van der Waals surface area contributed by atoms with Gasteiger partial charge in [0.1, 0.15) is 12.3 Å². The summed E-state index contributed by atoms with van der Waals surface area (Å²) in [5.41, 5.74) is 1.34. The van der Waals surface area contributed by atoms with E-state index in [1.165, 1.54) is 6.08 Å². The van der Waals surface area contributed by atoms with Crippen molar-refractivity contribution in [3.8, 4) is 0 Å². The second-order valence-corrected chi connectivity index (χ2v) is 15.0. The predicted molar refractivity (Wildman–Crippen MR) is 118 cm³/mol. The second-order valence-electron chi connectivity index (χ2n) is 10.3. The van der Waals surface area contributed by atoms with Crippen LogP contribution in [0.2, 0.25) is 18.1 Å². The zero-order chi connectivity index (χ0) is 22.4. The molecule has 0 bridgehead atoms. The van der Waals surface area contributed by atoms with Crippen LogP contribution in [0.4, 0.5) is 0 Å². The summed E-state index contributed by atoms with van der Waals surface area (Å²) in [6, 6.07) is -0.0449. The van der Waals surface area contributed by atoms with Gasteiger partial charge in [-0.1, -0.05) is 33.4 Å². The van der Waals surface area contributed by atoms with Crippen LogP contribution in [0.3, 0.4) is 0 Å². The number of methoxy groups -OCH3 is 1. The molecule has 1 saturated carbocycles. The molecular formula is C23H37NO5Si. The smallest absolute Gasteiger partial charge is 0.355 e. The number of carbonyl (C=O) groups is 2. The lowest BCUT2D eigenvalue weighted by atomic mass is 9.72. The van der Waals surface area contributed by atoms with Crippen molar-refractivity contribution in [1.82, 2.24) is 4.90 Å². The molecule has 0 N–H and O–H groups in total. The third kappa shape index (κ3) is 3.69. The minimum Gasteiger partial charge on any atom is -0.457 e. The minimum atomic E-state index is -2.02. The van der Waals surface area contributed by atoms with E-state index in [1.807, 2.05) is 6.92 Å². The lowest BCUT2D eigenvalue weighted by molar-refractivity contribution is -0.163. The van der Waals surface area contributed by atoms with E-state index in [2.05, 4.69) is 40.4 Å². The summed E-state index contributed by atoms with van der Waals surface area (Å²) in [4.78, 5) is 27.9. The van der Waals surface area contributed by atoms with E-state index in [9.17, 15) is 9.59 Å². The highest BCUT2D eigenvalue weighted by molar-refractivity contribution is 6.74. The Morgan fingerprint density at radius 1 is 1.33 bits per heavy atom. The first-order valence-corrected chi connectivity index (χ1v) is 13.9. The van der Waals surface area contributed by atoms with E-state index in [-0.39, 0.29) is 47.6 Å². The maximum absolute atomic E-state index is 13.3. The molecule has 30 heavy (non-hydrogen) atoms. The van der Waals surface area contributed by atoms with E-state index in [4.69, 9.17) is 13.9 Å². The summed E-state index contributed by atoms with van der Waals surface area (Å²) in [5, 5.41) is 0.0679. The number of amides is 1. The number of carbonyl (C=O) groups excluding carboxylic acids is 2. The van der Waals surface area contributed by atoms with Crippen LogP contribution in [-0.4, -0.2) is 57.1 Å². The van der Waals surface area contributed by atoms with E-state index in [1.54, 1.807) is 12.0 Å². The van der Waals surface area contributed by atoms with E-state index < -0.39 is 14.3 Å². The van der Waals surface area contributed by atoms with Gasteiger partial charge < -0.3 is 18.8 Å². The quantitative estimate of drug-likeness (QED) is 0.261. The lowest BCUT2D eigenvalue weighted by Crippen LogP contribution is -2.65. The van der Waals surface area contributed by atoms with Crippen molar-refractivity contribution in [3.63, 3.8) is 0 Å². The molecule has 3 aliphatic rings. The van der Waals surface area contributed by atoms with Crippen LogP contribution in [0.25, 0.3) is 0 Å². The van der Waals surface area contributed by atoms with Crippen LogP contribution in [0.1, 0.15) is 47.0 Å². The van der Waals surface area contributed by atoms with E-state index in [0.717, 1.165) is 24.8 Å². The predicted octanol–water partition coefficient (Wildman–Crippen LogP) is 4.04. The molecule has 168 valence electrons. The Morgan fingerprint density at radius 3 is 2.57 bits per heavy atom. The van der Waals surface area contributed by atoms with Crippen molar-refractivity contribution >= 4 is 20.2 Å². The first-order valence-electron chi connectivity index (χ1n) is 11.0. The van der Waals surface area contributed by atoms with Crippen LogP contribution in [0.5, 0.6) is 0 Å². The maximum Gasteiger partial charge on any atom is 0.355 e. The molecule has 1 unspecified atom stereocenters. The van der Waals surface area contributed by atoms with Gasteiger partial charge in [-0.25, -0.2) is 4.79 Å². The fraction of sp³-hybridized carbons (Fsp3) is 0.739. The molecule has 0 aromatic heterocycles. The summed E-state index contributed by atoms with van der Waals surface area (Å²) >= 11 is 0. The van der Waals surface area contributed by atoms with Crippen molar-refractivity contribution in [2.45, 2.75) is 83.3 Å². The van der Waals surface area contributed by atoms with Crippen LogP contribution >= 0.6 is 0 Å². The fourth-order valence-corrected chi connectivity index (χ4v) is 6.40. The number of β-lactam (4-membered cyclic amide) rings is 1. The molecule has 5 atom stereocenters. The van der Waals surface area contributed by atoms with Gasteiger partial charge in [-0.05, 0) is 49.9 Å². The first kappa shape index (κ1) is 23.2. The first-order chi connectivity index (χ1) is 14.0. The molecule has 0 radical (unpaired) electrons. The minimum absolute atomic E-state index is 0.0338. The molecule has 0 aromatic rings. The summed E-state index contributed by atoms with van der Waals surface area (Å²) in [7, 11) is -0.347. The molecule has 1 aliphatic carbocycles. The highest BCUT2D eigenvalue weighted by atomic mass is 28.4. The molecule has 2 heterocycles. The average Bonchev–Trinajstić information content (AvgIpc) is 2.95. The van der Waals surface area contributed by atoms with Crippen LogP contribution < -0.4 is 0 Å². The lowest BCUT2D eigenvalue weighted by Gasteiger charge is -2.50. The molecule has 0 aromatic carbocycles. The number of hydrogen-bond acceptors (Lipinski definition) is 5. The third-order valence-electron chi connectivity index (χ3n) is 7.45. The number of esters is 1. The van der Waals surface area contributed by atoms with E-state index >= 15 is 0 Å². The molecule has 1 amide bonds. The van der Waals surface area contributed by atoms with E-state index in [0.29, 0.717) is 5.70 Å². The zero-order valence-electron chi connectivity index (χ0n) is 19.5. The molecule has 3 rings (SSSR count). The Kier molecular flexibility index (Phi) is 6.38. The van der Waals surface area contributed by atoms with Gasteiger partial charge in [-0.15, -0.1) is 0 Å². The van der Waals surface area contributed by atoms with Crippen molar-refractivity contribution < 1.29 is 23.5 Å². The van der Waals surface area contributed by atoms with Crippen molar-refractivity contribution in [1.29, 1.82) is 0 Å². The normalized spacial score (nSPS) is 29.8. The summed E-state index contributed by atoms with van der Waals surface area (Å²) in [6.45, 7) is 16.8. The van der Waals surface area contributed by atoms with Gasteiger partial charge in [0, 0.05) is 13.0 Å². The summed E-state index contributed by atoms with van der Waals surface area (Å²) < 4.78 is 17.7. The third-order valence-corrected chi connectivity index (χ3v) is 12.0. The molecule has 6 nitrogen and oxygen atoms in total. The monoisotopic (exact) mass is 435 g/mol. The highest BCUT2D eigenvalue weighted by Crippen LogP contribution is 2.53. The summed E-state index contributed by atoms with van der Waals surface area (Å²) in [5.74, 6) is -0.595. The standard InChI is InChI=1S/C23H37NO5Si/c1-9-13-28-22(26)20-18-15(11-10-12-16(18)27-6)19-17(21(25)24(19)20)14(2)29-30(7,8)23(3,4)5/h9,14-17,19H,1,10-13H2,2-8H3/t14?,15-,16-,17+,19+/m0/s1. The van der Waals surface area contributed by atoms with Crippen molar-refractivity contribution in [3.05, 3.63) is 23.9 Å². The van der Waals surface area contributed by atoms with Gasteiger partial charge in [0.25, 0.3) is 0 Å². The van der Waals surface area contributed by atoms with Gasteiger partial charge in [0.15, 0.2) is 8.32 Å². The van der Waals surface area contributed by atoms with Crippen molar-refractivity contribution in [2.24, 2.45) is 11.8 Å². The highest BCUT2D eigenvalue weighted by Gasteiger charge is 2.63. The van der Waals surface area contributed by atoms with Gasteiger partial charge in [-0.3, -0.25) is 4.79 Å². The molecule has 1 saturated heterocycles. The van der Waals surface area contributed by atoms with Gasteiger partial charge in [0.05, 0.1) is 24.2 Å². The Hall–Kier alpha value is -1.44. The Bertz CT molecular complexity index is 753. The number of hydrogen-bond donors (Lipinski definition) is 0. The number of ether oxygens (including phenoxy) is 2. The SMILES string of the molecule is C=CCOC(=O)C1=C2[C@@H](OC)CCC[C@@H]2[C@@H]2[C@@H](C(C)O[Si](C)(C)C(C)(C)C)C(=O)N12. The molecule has 2 fully saturated rings. The number of rotatable bonds is 7. The largest absolute Gasteiger partial charge is 0.457 e. The molecular weight excluding hydrogens is 398 g/mol. The Morgan fingerprint density at radius 2 is 2.00 bits per heavy atom. The zero-order valence-corrected chi connectivity index (χ0v) is 20.5. The maximum atomic E-state index is 13.3. The molecule has 7 heteroatoms. The Labute approximate surface area is 181 Å². The fourth-order valence-electron chi connectivity index (χ4n) is 4.97. The van der Waals surface area contributed by atoms with Crippen molar-refractivity contribution in [2.75, 3.05) is 13.7 Å². The molecule has 0 spiro atoms. The summed E-state index contributed by atoms with van der Waals surface area (Å²) in [6.07, 6.45) is 4.03. The van der Waals surface area contributed by atoms with Crippen LogP contribution in [0, 0.1) is 11.8 Å². The van der Waals surface area contributed by atoms with Crippen LogP contribution in [0.15, 0.2) is 23.9 Å². The number of nitrogens with zero attached hydrogens (tertiary/aromatic N) is 1. The molecule has 2 aliphatic heterocycles. The number of fused-ring (bicyclic) bond motifs is 3. The van der Waals surface area contributed by atoms with Gasteiger partial charge >= 0.3 is 5.97 Å². The van der Waals surface area contributed by atoms with Gasteiger partial charge in [-0.2, -0.15) is 0 Å². The van der Waals surface area contributed by atoms with Gasteiger partial charge in [0.2, 0.25) is 5.91 Å². The second kappa shape index (κ2) is 8.24. The average molecular weight is 436 g/mol. The topological polar surface area (TPSA) is 65.1 Å². The Balaban J connectivity index is 1.90. The van der Waals surface area contributed by atoms with Crippen LogP contribution in [-0.2, 0) is 23.5 Å².